The van der Waals surface area contributed by atoms with E-state index in [-0.39, 0.29) is 12.5 Å². The molecule has 2 aromatic rings. The van der Waals surface area contributed by atoms with Crippen molar-refractivity contribution in [3.05, 3.63) is 52.5 Å². The van der Waals surface area contributed by atoms with E-state index in [4.69, 9.17) is 27.9 Å². The van der Waals surface area contributed by atoms with Gasteiger partial charge < -0.3 is 15.4 Å². The van der Waals surface area contributed by atoms with E-state index < -0.39 is 0 Å². The molecule has 116 valence electrons. The second-order valence-electron chi connectivity index (χ2n) is 4.49. The molecule has 1 amide bonds. The maximum Gasteiger partial charge on any atom is 0.243 e. The molecule has 0 heterocycles. The average molecular weight is 339 g/mol. The minimum absolute atomic E-state index is 0.147. The van der Waals surface area contributed by atoms with Gasteiger partial charge in [0.1, 0.15) is 5.75 Å². The van der Waals surface area contributed by atoms with Crippen LogP contribution < -0.4 is 15.4 Å². The van der Waals surface area contributed by atoms with Crippen LogP contribution in [0.3, 0.4) is 0 Å². The fraction of sp³-hybridized carbons (Fsp3) is 0.188. The van der Waals surface area contributed by atoms with Crippen molar-refractivity contribution in [3.8, 4) is 5.75 Å². The van der Waals surface area contributed by atoms with Crippen molar-refractivity contribution in [2.24, 2.45) is 0 Å². The molecule has 6 heteroatoms. The van der Waals surface area contributed by atoms with Gasteiger partial charge in [-0.25, -0.2) is 0 Å². The van der Waals surface area contributed by atoms with Crippen molar-refractivity contribution >= 4 is 40.5 Å². The second-order valence-corrected chi connectivity index (χ2v) is 5.30. The first kappa shape index (κ1) is 16.5. The summed E-state index contributed by atoms with van der Waals surface area (Å²) in [5.74, 6) is 0.626. The van der Waals surface area contributed by atoms with Crippen molar-refractivity contribution in [3.63, 3.8) is 0 Å². The number of hydrogen-bond acceptors (Lipinski definition) is 3. The van der Waals surface area contributed by atoms with Crippen LogP contribution in [-0.2, 0) is 4.79 Å². The van der Waals surface area contributed by atoms with Gasteiger partial charge in [-0.1, -0.05) is 23.2 Å². The van der Waals surface area contributed by atoms with Gasteiger partial charge in [0, 0.05) is 11.4 Å². The van der Waals surface area contributed by atoms with Crippen LogP contribution in [0.4, 0.5) is 11.4 Å². The van der Waals surface area contributed by atoms with Gasteiger partial charge in [0.15, 0.2) is 0 Å². The fourth-order valence-electron chi connectivity index (χ4n) is 1.80. The first-order valence-corrected chi connectivity index (χ1v) is 7.55. The van der Waals surface area contributed by atoms with E-state index in [1.807, 2.05) is 31.2 Å². The number of anilines is 2. The average Bonchev–Trinajstić information content (AvgIpc) is 2.51. The quantitative estimate of drug-likeness (QED) is 0.818. The molecule has 0 saturated carbocycles. The summed E-state index contributed by atoms with van der Waals surface area (Å²) in [5.41, 5.74) is 1.45. The second kappa shape index (κ2) is 7.92. The number of carbonyl (C=O) groups is 1. The van der Waals surface area contributed by atoms with E-state index in [1.54, 1.807) is 18.2 Å². The summed E-state index contributed by atoms with van der Waals surface area (Å²) in [6.45, 7) is 2.70. The Bertz CT molecular complexity index is 645. The van der Waals surface area contributed by atoms with Crippen LogP contribution in [-0.4, -0.2) is 19.1 Å². The lowest BCUT2D eigenvalue weighted by molar-refractivity contribution is -0.114. The summed E-state index contributed by atoms with van der Waals surface area (Å²) in [6, 6.07) is 12.4. The zero-order valence-corrected chi connectivity index (χ0v) is 13.5. The number of amides is 1. The van der Waals surface area contributed by atoms with Crippen LogP contribution in [0, 0.1) is 0 Å². The zero-order chi connectivity index (χ0) is 15.9. The summed E-state index contributed by atoms with van der Waals surface area (Å²) >= 11 is 11.7. The van der Waals surface area contributed by atoms with Crippen LogP contribution in [0.2, 0.25) is 10.0 Å². The van der Waals surface area contributed by atoms with Crippen LogP contribution in [0.15, 0.2) is 42.5 Å². The monoisotopic (exact) mass is 338 g/mol. The molecule has 0 aliphatic rings. The highest BCUT2D eigenvalue weighted by Gasteiger charge is 2.05. The minimum atomic E-state index is -0.174. The highest BCUT2D eigenvalue weighted by molar-refractivity contribution is 6.42. The maximum absolute atomic E-state index is 11.9. The molecule has 0 radical (unpaired) electrons. The van der Waals surface area contributed by atoms with Crippen LogP contribution in [0.25, 0.3) is 0 Å². The predicted molar refractivity (Wildman–Crippen MR) is 91.2 cm³/mol. The third-order valence-corrected chi connectivity index (χ3v) is 3.56. The summed E-state index contributed by atoms with van der Waals surface area (Å²) in [7, 11) is 0. The SMILES string of the molecule is CCOc1ccc(NCC(=O)Nc2ccc(Cl)c(Cl)c2)cc1. The summed E-state index contributed by atoms with van der Waals surface area (Å²) < 4.78 is 5.36. The predicted octanol–water partition coefficient (Wildman–Crippen LogP) is 4.44. The minimum Gasteiger partial charge on any atom is -0.494 e. The molecular weight excluding hydrogens is 323 g/mol. The van der Waals surface area contributed by atoms with Crippen molar-refractivity contribution in [1.29, 1.82) is 0 Å². The molecule has 0 spiro atoms. The van der Waals surface area contributed by atoms with Gasteiger partial charge in [-0.15, -0.1) is 0 Å². The molecule has 0 aliphatic carbocycles. The largest absolute Gasteiger partial charge is 0.494 e. The Morgan fingerprint density at radius 1 is 1.05 bits per heavy atom. The van der Waals surface area contributed by atoms with Crippen molar-refractivity contribution in [2.45, 2.75) is 6.92 Å². The van der Waals surface area contributed by atoms with E-state index >= 15 is 0 Å². The van der Waals surface area contributed by atoms with Gasteiger partial charge in [-0.2, -0.15) is 0 Å². The number of halogens is 2. The lowest BCUT2D eigenvalue weighted by Gasteiger charge is -2.09. The summed E-state index contributed by atoms with van der Waals surface area (Å²) in [5, 5.41) is 6.63. The number of ether oxygens (including phenoxy) is 1. The van der Waals surface area contributed by atoms with Gasteiger partial charge in [0.25, 0.3) is 0 Å². The van der Waals surface area contributed by atoms with Crippen molar-refractivity contribution in [2.75, 3.05) is 23.8 Å². The molecular formula is C16H16Cl2N2O2. The standard InChI is InChI=1S/C16H16Cl2N2O2/c1-2-22-13-6-3-11(4-7-13)19-10-16(21)20-12-5-8-14(17)15(18)9-12/h3-9,19H,2,10H2,1H3,(H,20,21). The maximum atomic E-state index is 11.9. The van der Waals surface area contributed by atoms with Gasteiger partial charge >= 0.3 is 0 Å². The molecule has 2 aromatic carbocycles. The van der Waals surface area contributed by atoms with Crippen LogP contribution in [0.1, 0.15) is 6.92 Å². The highest BCUT2D eigenvalue weighted by Crippen LogP contribution is 2.25. The first-order chi connectivity index (χ1) is 10.6. The molecule has 0 saturated heterocycles. The topological polar surface area (TPSA) is 50.4 Å². The Labute approximate surface area is 139 Å². The lowest BCUT2D eigenvalue weighted by Crippen LogP contribution is -2.21. The molecule has 2 N–H and O–H groups in total. The Kier molecular flexibility index (Phi) is 5.92. The molecule has 22 heavy (non-hydrogen) atoms. The van der Waals surface area contributed by atoms with Gasteiger partial charge in [-0.05, 0) is 49.4 Å². The molecule has 0 unspecified atom stereocenters. The zero-order valence-electron chi connectivity index (χ0n) is 12.0. The van der Waals surface area contributed by atoms with Crippen molar-refractivity contribution < 1.29 is 9.53 Å². The third kappa shape index (κ3) is 4.83. The third-order valence-electron chi connectivity index (χ3n) is 2.82. The highest BCUT2D eigenvalue weighted by atomic mass is 35.5. The van der Waals surface area contributed by atoms with E-state index in [0.29, 0.717) is 22.3 Å². The Morgan fingerprint density at radius 3 is 2.36 bits per heavy atom. The molecule has 0 bridgehead atoms. The molecule has 0 atom stereocenters. The number of rotatable bonds is 6. The number of nitrogens with one attached hydrogen (secondary N) is 2. The van der Waals surface area contributed by atoms with Gasteiger partial charge in [0.2, 0.25) is 5.91 Å². The molecule has 0 aromatic heterocycles. The van der Waals surface area contributed by atoms with E-state index in [0.717, 1.165) is 11.4 Å². The van der Waals surface area contributed by atoms with Crippen LogP contribution >= 0.6 is 23.2 Å². The number of carbonyl (C=O) groups excluding carboxylic acids is 1. The molecule has 4 nitrogen and oxygen atoms in total. The lowest BCUT2D eigenvalue weighted by atomic mass is 10.3. The smallest absolute Gasteiger partial charge is 0.243 e. The fourth-order valence-corrected chi connectivity index (χ4v) is 2.10. The van der Waals surface area contributed by atoms with E-state index in [9.17, 15) is 4.79 Å². The van der Waals surface area contributed by atoms with E-state index in [2.05, 4.69) is 10.6 Å². The Morgan fingerprint density at radius 2 is 1.73 bits per heavy atom. The van der Waals surface area contributed by atoms with Gasteiger partial charge in [0.05, 0.1) is 23.2 Å². The summed E-state index contributed by atoms with van der Waals surface area (Å²) in [6.07, 6.45) is 0. The molecule has 0 aliphatic heterocycles. The molecule has 0 fully saturated rings. The molecule has 2 rings (SSSR count). The van der Waals surface area contributed by atoms with E-state index in [1.165, 1.54) is 0 Å². The normalized spacial score (nSPS) is 10.1. The number of hydrogen-bond donors (Lipinski definition) is 2. The Balaban J connectivity index is 1.85. The van der Waals surface area contributed by atoms with Gasteiger partial charge in [-0.3, -0.25) is 4.79 Å². The van der Waals surface area contributed by atoms with Crippen LogP contribution in [0.5, 0.6) is 5.75 Å². The van der Waals surface area contributed by atoms with Crippen molar-refractivity contribution in [1.82, 2.24) is 0 Å². The Hall–Kier alpha value is -1.91. The number of benzene rings is 2. The summed E-state index contributed by atoms with van der Waals surface area (Å²) in [4.78, 5) is 11.9. The first-order valence-electron chi connectivity index (χ1n) is 6.80.